The number of carbonyl (C=O) groups is 1. The van der Waals surface area contributed by atoms with Crippen molar-refractivity contribution in [1.82, 2.24) is 9.80 Å². The smallest absolute Gasteiger partial charge is 0.246 e. The van der Waals surface area contributed by atoms with Crippen LogP contribution in [-0.4, -0.2) is 60.1 Å². The first-order chi connectivity index (χ1) is 8.79. The van der Waals surface area contributed by atoms with E-state index in [4.69, 9.17) is 5.11 Å². The Morgan fingerprint density at radius 1 is 1.39 bits per heavy atom. The lowest BCUT2D eigenvalue weighted by Crippen LogP contribution is -2.48. The molecule has 1 aliphatic heterocycles. The summed E-state index contributed by atoms with van der Waals surface area (Å²) in [5.41, 5.74) is 0. The van der Waals surface area contributed by atoms with Gasteiger partial charge in [0, 0.05) is 43.7 Å². The van der Waals surface area contributed by atoms with Gasteiger partial charge in [0.2, 0.25) is 5.91 Å². The minimum Gasteiger partial charge on any atom is -0.395 e. The Morgan fingerprint density at radius 2 is 2.17 bits per heavy atom. The maximum absolute atomic E-state index is 11.9. The maximum atomic E-state index is 11.9. The molecular weight excluding hydrogens is 248 g/mol. The lowest BCUT2D eigenvalue weighted by Gasteiger charge is -2.33. The molecule has 0 aromatic carbocycles. The molecule has 0 radical (unpaired) electrons. The fourth-order valence-corrected chi connectivity index (χ4v) is 2.60. The van der Waals surface area contributed by atoms with Crippen molar-refractivity contribution >= 4 is 23.3 Å². The van der Waals surface area contributed by atoms with Gasteiger partial charge in [-0.2, -0.15) is 0 Å². The predicted molar refractivity (Wildman–Crippen MR) is 73.5 cm³/mol. The van der Waals surface area contributed by atoms with E-state index in [2.05, 4.69) is 4.90 Å². The quantitative estimate of drug-likeness (QED) is 0.823. The van der Waals surface area contributed by atoms with Gasteiger partial charge in [0.15, 0.2) is 0 Å². The molecular formula is C13H18N2O2S. The van der Waals surface area contributed by atoms with E-state index >= 15 is 0 Å². The lowest BCUT2D eigenvalue weighted by molar-refractivity contribution is -0.127. The van der Waals surface area contributed by atoms with E-state index in [0.717, 1.165) is 31.1 Å². The molecule has 98 valence electrons. The molecule has 0 aliphatic carbocycles. The van der Waals surface area contributed by atoms with Crippen LogP contribution in [0.5, 0.6) is 0 Å². The van der Waals surface area contributed by atoms with Crippen LogP contribution in [0.1, 0.15) is 4.88 Å². The van der Waals surface area contributed by atoms with E-state index in [1.54, 1.807) is 17.4 Å². The van der Waals surface area contributed by atoms with Gasteiger partial charge in [-0.1, -0.05) is 6.07 Å². The highest BCUT2D eigenvalue weighted by Crippen LogP contribution is 2.11. The summed E-state index contributed by atoms with van der Waals surface area (Å²) >= 11 is 1.62. The first-order valence-electron chi connectivity index (χ1n) is 6.13. The Bertz CT molecular complexity index is 395. The van der Waals surface area contributed by atoms with Crippen LogP contribution in [-0.2, 0) is 4.79 Å². The molecule has 5 heteroatoms. The molecule has 0 spiro atoms. The molecule has 18 heavy (non-hydrogen) atoms. The Balaban J connectivity index is 1.80. The number of aliphatic hydroxyl groups is 1. The highest BCUT2D eigenvalue weighted by molar-refractivity contribution is 7.10. The SMILES string of the molecule is O=C(/C=C/c1cccs1)N1CCN(CCO)CC1. The van der Waals surface area contributed by atoms with Crippen LogP contribution in [0.4, 0.5) is 0 Å². The number of aliphatic hydroxyl groups excluding tert-OH is 1. The predicted octanol–water partition coefficient (Wildman–Crippen LogP) is 0.898. The van der Waals surface area contributed by atoms with Gasteiger partial charge in [-0.3, -0.25) is 9.69 Å². The monoisotopic (exact) mass is 266 g/mol. The number of amides is 1. The van der Waals surface area contributed by atoms with E-state index in [9.17, 15) is 4.79 Å². The molecule has 2 heterocycles. The van der Waals surface area contributed by atoms with E-state index in [-0.39, 0.29) is 12.5 Å². The van der Waals surface area contributed by atoms with Gasteiger partial charge >= 0.3 is 0 Å². The average molecular weight is 266 g/mol. The molecule has 4 nitrogen and oxygen atoms in total. The van der Waals surface area contributed by atoms with Crippen LogP contribution < -0.4 is 0 Å². The molecule has 1 N–H and O–H groups in total. The van der Waals surface area contributed by atoms with Gasteiger partial charge in [0.1, 0.15) is 0 Å². The number of hydrogen-bond donors (Lipinski definition) is 1. The third kappa shape index (κ3) is 3.66. The van der Waals surface area contributed by atoms with Crippen molar-refractivity contribution in [3.63, 3.8) is 0 Å². The van der Waals surface area contributed by atoms with Crippen LogP contribution in [0.15, 0.2) is 23.6 Å². The molecule has 2 rings (SSSR count). The van der Waals surface area contributed by atoms with Crippen LogP contribution in [0.3, 0.4) is 0 Å². The second-order valence-corrected chi connectivity index (χ2v) is 5.22. The number of nitrogens with zero attached hydrogens (tertiary/aromatic N) is 2. The fraction of sp³-hybridized carbons (Fsp3) is 0.462. The summed E-state index contributed by atoms with van der Waals surface area (Å²) < 4.78 is 0. The molecule has 1 saturated heterocycles. The first kappa shape index (κ1) is 13.3. The normalized spacial score (nSPS) is 17.5. The van der Waals surface area contributed by atoms with Crippen molar-refractivity contribution in [3.8, 4) is 0 Å². The van der Waals surface area contributed by atoms with Gasteiger partial charge in [-0.25, -0.2) is 0 Å². The number of rotatable bonds is 4. The molecule has 1 fully saturated rings. The molecule has 1 aromatic heterocycles. The summed E-state index contributed by atoms with van der Waals surface area (Å²) in [6, 6.07) is 3.97. The van der Waals surface area contributed by atoms with Gasteiger partial charge in [0.25, 0.3) is 0 Å². The van der Waals surface area contributed by atoms with Gasteiger partial charge in [-0.05, 0) is 17.5 Å². The van der Waals surface area contributed by atoms with Crippen molar-refractivity contribution in [3.05, 3.63) is 28.5 Å². The molecule has 1 amide bonds. The zero-order chi connectivity index (χ0) is 12.8. The first-order valence-corrected chi connectivity index (χ1v) is 7.01. The molecule has 1 aliphatic rings. The van der Waals surface area contributed by atoms with E-state index < -0.39 is 0 Å². The number of carbonyl (C=O) groups excluding carboxylic acids is 1. The largest absolute Gasteiger partial charge is 0.395 e. The van der Waals surface area contributed by atoms with E-state index in [1.165, 1.54) is 0 Å². The molecule has 1 aromatic rings. The Morgan fingerprint density at radius 3 is 2.78 bits per heavy atom. The van der Waals surface area contributed by atoms with Gasteiger partial charge in [0.05, 0.1) is 6.61 Å². The minimum absolute atomic E-state index is 0.0760. The summed E-state index contributed by atoms with van der Waals surface area (Å²) in [5.74, 6) is 0.0760. The average Bonchev–Trinajstić information content (AvgIpc) is 2.90. The van der Waals surface area contributed by atoms with Crippen molar-refractivity contribution in [1.29, 1.82) is 0 Å². The Labute approximate surface area is 111 Å². The molecule has 0 bridgehead atoms. The topological polar surface area (TPSA) is 43.8 Å². The van der Waals surface area contributed by atoms with Crippen LogP contribution in [0, 0.1) is 0 Å². The molecule has 0 unspecified atom stereocenters. The summed E-state index contributed by atoms with van der Waals surface area (Å²) in [5, 5.41) is 10.8. The zero-order valence-corrected chi connectivity index (χ0v) is 11.1. The van der Waals surface area contributed by atoms with Crippen LogP contribution in [0.2, 0.25) is 0 Å². The van der Waals surface area contributed by atoms with Crippen LogP contribution in [0.25, 0.3) is 6.08 Å². The lowest BCUT2D eigenvalue weighted by atomic mass is 10.3. The number of hydrogen-bond acceptors (Lipinski definition) is 4. The van der Waals surface area contributed by atoms with Crippen molar-refractivity contribution < 1.29 is 9.90 Å². The summed E-state index contributed by atoms with van der Waals surface area (Å²) in [6.45, 7) is 4.07. The number of thiophene rings is 1. The Kier molecular flexibility index (Phi) is 4.92. The van der Waals surface area contributed by atoms with E-state index in [0.29, 0.717) is 6.54 Å². The Hall–Kier alpha value is -1.17. The van der Waals surface area contributed by atoms with Crippen molar-refractivity contribution in [2.24, 2.45) is 0 Å². The summed E-state index contributed by atoms with van der Waals surface area (Å²) in [7, 11) is 0. The van der Waals surface area contributed by atoms with E-state index in [1.807, 2.05) is 28.5 Å². The second-order valence-electron chi connectivity index (χ2n) is 4.24. The fourth-order valence-electron chi connectivity index (χ4n) is 1.98. The number of β-amino-alcohol motifs (C(OH)–C–C–N with tert-alkyl or cyclic N) is 1. The minimum atomic E-state index is 0.0760. The van der Waals surface area contributed by atoms with Crippen molar-refractivity contribution in [2.75, 3.05) is 39.3 Å². The second kappa shape index (κ2) is 6.68. The summed E-state index contributed by atoms with van der Waals surface area (Å²) in [4.78, 5) is 17.1. The van der Waals surface area contributed by atoms with Crippen molar-refractivity contribution in [2.45, 2.75) is 0 Å². The highest BCUT2D eigenvalue weighted by atomic mass is 32.1. The molecule has 0 saturated carbocycles. The maximum Gasteiger partial charge on any atom is 0.246 e. The third-order valence-electron chi connectivity index (χ3n) is 3.03. The third-order valence-corrected chi connectivity index (χ3v) is 3.87. The summed E-state index contributed by atoms with van der Waals surface area (Å²) in [6.07, 6.45) is 3.51. The zero-order valence-electron chi connectivity index (χ0n) is 10.3. The number of piperazine rings is 1. The van der Waals surface area contributed by atoms with Gasteiger partial charge in [-0.15, -0.1) is 11.3 Å². The van der Waals surface area contributed by atoms with Crippen LogP contribution >= 0.6 is 11.3 Å². The standard InChI is InChI=1S/C13H18N2O2S/c16-10-9-14-5-7-15(8-6-14)13(17)4-3-12-2-1-11-18-12/h1-4,11,16H,5-10H2/b4-3+. The molecule has 0 atom stereocenters. The highest BCUT2D eigenvalue weighted by Gasteiger charge is 2.18. The van der Waals surface area contributed by atoms with Gasteiger partial charge < -0.3 is 10.0 Å².